The van der Waals surface area contributed by atoms with Crippen molar-refractivity contribution in [1.82, 2.24) is 5.32 Å². The molecule has 3 N–H and O–H groups in total. The van der Waals surface area contributed by atoms with Crippen LogP contribution in [0.25, 0.3) is 0 Å². The molecule has 0 aliphatic carbocycles. The fourth-order valence-corrected chi connectivity index (χ4v) is 0.916. The lowest BCUT2D eigenvalue weighted by molar-refractivity contribution is 0.149. The van der Waals surface area contributed by atoms with E-state index in [0.29, 0.717) is 13.1 Å². The monoisotopic (exact) mass is 185 g/mol. The van der Waals surface area contributed by atoms with Gasteiger partial charge in [0, 0.05) is 32.2 Å². The number of hydrogen-bond acceptors (Lipinski definition) is 3. The van der Waals surface area contributed by atoms with Crippen molar-refractivity contribution in [2.45, 2.75) is 6.42 Å². The Kier molecular flexibility index (Phi) is 7.59. The first kappa shape index (κ1) is 12.4. The summed E-state index contributed by atoms with van der Waals surface area (Å²) in [5, 5.41) is 20.6. The first-order valence-corrected chi connectivity index (χ1v) is 4.44. The molecule has 0 aromatic rings. The lowest BCUT2D eigenvalue weighted by Gasteiger charge is -2.12. The van der Waals surface area contributed by atoms with Crippen LogP contribution in [-0.2, 0) is 0 Å². The molecule has 13 heavy (non-hydrogen) atoms. The largest absolute Gasteiger partial charge is 0.396 e. The van der Waals surface area contributed by atoms with Crippen LogP contribution in [0.4, 0.5) is 0 Å². The summed E-state index contributed by atoms with van der Waals surface area (Å²) in [6, 6.07) is 0. The van der Waals surface area contributed by atoms with Gasteiger partial charge in [0.05, 0.1) is 0 Å². The minimum Gasteiger partial charge on any atom is -0.396 e. The summed E-state index contributed by atoms with van der Waals surface area (Å²) in [6.45, 7) is 8.79. The van der Waals surface area contributed by atoms with E-state index in [9.17, 15) is 0 Å². The Labute approximate surface area is 79.8 Å². The Morgan fingerprint density at radius 2 is 2.00 bits per heavy atom. The molecule has 0 bridgehead atoms. The van der Waals surface area contributed by atoms with Gasteiger partial charge in [0.1, 0.15) is 0 Å². The predicted molar refractivity (Wildman–Crippen MR) is 54.5 cm³/mol. The van der Waals surface area contributed by atoms with E-state index in [0.717, 1.165) is 12.0 Å². The van der Waals surface area contributed by atoms with Crippen LogP contribution < -0.4 is 5.32 Å². The van der Waals surface area contributed by atoms with Crippen molar-refractivity contribution in [3.05, 3.63) is 24.8 Å². The fourth-order valence-electron chi connectivity index (χ4n) is 0.916. The Bertz CT molecular complexity index is 153. The Morgan fingerprint density at radius 1 is 1.38 bits per heavy atom. The highest BCUT2D eigenvalue weighted by molar-refractivity contribution is 5.01. The third-order valence-corrected chi connectivity index (χ3v) is 1.76. The molecule has 0 saturated carbocycles. The van der Waals surface area contributed by atoms with Gasteiger partial charge in [-0.05, 0) is 6.42 Å². The van der Waals surface area contributed by atoms with E-state index in [1.165, 1.54) is 0 Å². The van der Waals surface area contributed by atoms with Gasteiger partial charge in [0.2, 0.25) is 0 Å². The van der Waals surface area contributed by atoms with Crippen LogP contribution >= 0.6 is 0 Å². The average molecular weight is 185 g/mol. The lowest BCUT2D eigenvalue weighted by Crippen LogP contribution is -2.28. The molecule has 0 unspecified atom stereocenters. The van der Waals surface area contributed by atoms with Crippen molar-refractivity contribution in [2.75, 3.05) is 26.3 Å². The molecule has 0 aliphatic heterocycles. The minimum absolute atomic E-state index is 0.0113. The summed E-state index contributed by atoms with van der Waals surface area (Å²) in [5.74, 6) is -0.0727. The molecule has 76 valence electrons. The summed E-state index contributed by atoms with van der Waals surface area (Å²) in [7, 11) is 0. The zero-order chi connectivity index (χ0) is 10.1. The molecular formula is C10H19NO2. The number of hydrogen-bond donors (Lipinski definition) is 3. The maximum absolute atomic E-state index is 8.76. The van der Waals surface area contributed by atoms with Gasteiger partial charge in [0.15, 0.2) is 0 Å². The van der Waals surface area contributed by atoms with E-state index in [4.69, 9.17) is 10.2 Å². The first-order chi connectivity index (χ1) is 6.24. The van der Waals surface area contributed by atoms with Crippen LogP contribution in [0.5, 0.6) is 0 Å². The van der Waals surface area contributed by atoms with Gasteiger partial charge >= 0.3 is 0 Å². The SMILES string of the molecule is C=CCC(=C)CNCC(CO)CO. The molecule has 0 spiro atoms. The Morgan fingerprint density at radius 3 is 2.46 bits per heavy atom. The van der Waals surface area contributed by atoms with Crippen LogP contribution in [0.2, 0.25) is 0 Å². The van der Waals surface area contributed by atoms with Crippen LogP contribution in [0.15, 0.2) is 24.8 Å². The minimum atomic E-state index is -0.0727. The Hall–Kier alpha value is -0.640. The van der Waals surface area contributed by atoms with E-state index in [1.54, 1.807) is 6.08 Å². The molecule has 3 heteroatoms. The first-order valence-electron chi connectivity index (χ1n) is 4.44. The molecule has 0 rings (SSSR count). The molecule has 3 nitrogen and oxygen atoms in total. The quantitative estimate of drug-likeness (QED) is 0.477. The normalized spacial score (nSPS) is 10.4. The average Bonchev–Trinajstić information content (AvgIpc) is 2.13. The summed E-state index contributed by atoms with van der Waals surface area (Å²) >= 11 is 0. The van der Waals surface area contributed by atoms with Gasteiger partial charge in [0.25, 0.3) is 0 Å². The second-order valence-electron chi connectivity index (χ2n) is 3.10. The summed E-state index contributed by atoms with van der Waals surface area (Å²) in [6.07, 6.45) is 2.61. The lowest BCUT2D eigenvalue weighted by atomic mass is 10.1. The van der Waals surface area contributed by atoms with E-state index in [-0.39, 0.29) is 19.1 Å². The third-order valence-electron chi connectivity index (χ3n) is 1.76. The van der Waals surface area contributed by atoms with Crippen molar-refractivity contribution in [3.8, 4) is 0 Å². The number of aliphatic hydroxyl groups excluding tert-OH is 2. The highest BCUT2D eigenvalue weighted by Crippen LogP contribution is 1.96. The zero-order valence-electron chi connectivity index (χ0n) is 8.00. The highest BCUT2D eigenvalue weighted by Gasteiger charge is 2.04. The number of rotatable bonds is 8. The molecule has 0 aromatic carbocycles. The molecule has 0 amide bonds. The topological polar surface area (TPSA) is 52.5 Å². The molecular weight excluding hydrogens is 166 g/mol. The smallest absolute Gasteiger partial charge is 0.0493 e. The summed E-state index contributed by atoms with van der Waals surface area (Å²) in [4.78, 5) is 0. The van der Waals surface area contributed by atoms with Crippen LogP contribution in [0.3, 0.4) is 0 Å². The number of aliphatic hydroxyl groups is 2. The standard InChI is InChI=1S/C10H19NO2/c1-3-4-9(2)5-11-6-10(7-12)8-13/h3,10-13H,1-2,4-8H2. The molecule has 0 atom stereocenters. The fraction of sp³-hybridized carbons (Fsp3) is 0.600. The number of allylic oxidation sites excluding steroid dienone is 1. The van der Waals surface area contributed by atoms with E-state index >= 15 is 0 Å². The highest BCUT2D eigenvalue weighted by atomic mass is 16.3. The molecule has 0 aromatic heterocycles. The van der Waals surface area contributed by atoms with E-state index < -0.39 is 0 Å². The van der Waals surface area contributed by atoms with Gasteiger partial charge < -0.3 is 15.5 Å². The number of nitrogens with one attached hydrogen (secondary N) is 1. The molecule has 0 radical (unpaired) electrons. The van der Waals surface area contributed by atoms with Gasteiger partial charge in [-0.3, -0.25) is 0 Å². The summed E-state index contributed by atoms with van der Waals surface area (Å²) < 4.78 is 0. The molecule has 0 heterocycles. The van der Waals surface area contributed by atoms with Crippen LogP contribution in [0, 0.1) is 5.92 Å². The van der Waals surface area contributed by atoms with Crippen molar-refractivity contribution in [1.29, 1.82) is 0 Å². The van der Waals surface area contributed by atoms with E-state index in [2.05, 4.69) is 18.5 Å². The molecule has 0 aliphatic rings. The zero-order valence-corrected chi connectivity index (χ0v) is 8.00. The maximum Gasteiger partial charge on any atom is 0.0493 e. The second kappa shape index (κ2) is 7.98. The van der Waals surface area contributed by atoms with Crippen molar-refractivity contribution < 1.29 is 10.2 Å². The van der Waals surface area contributed by atoms with E-state index in [1.807, 2.05) is 0 Å². The van der Waals surface area contributed by atoms with Gasteiger partial charge in [-0.1, -0.05) is 18.2 Å². The third kappa shape index (κ3) is 6.51. The van der Waals surface area contributed by atoms with Gasteiger partial charge in [-0.15, -0.1) is 6.58 Å². The van der Waals surface area contributed by atoms with Gasteiger partial charge in [-0.25, -0.2) is 0 Å². The second-order valence-corrected chi connectivity index (χ2v) is 3.10. The van der Waals surface area contributed by atoms with Crippen molar-refractivity contribution in [2.24, 2.45) is 5.92 Å². The predicted octanol–water partition coefficient (Wildman–Crippen LogP) is 0.309. The molecule has 0 fully saturated rings. The van der Waals surface area contributed by atoms with Crippen LogP contribution in [0.1, 0.15) is 6.42 Å². The Balaban J connectivity index is 3.42. The summed E-state index contributed by atoms with van der Waals surface area (Å²) in [5.41, 5.74) is 1.06. The van der Waals surface area contributed by atoms with Gasteiger partial charge in [-0.2, -0.15) is 0 Å². The van der Waals surface area contributed by atoms with Crippen molar-refractivity contribution >= 4 is 0 Å². The van der Waals surface area contributed by atoms with Crippen molar-refractivity contribution in [3.63, 3.8) is 0 Å². The maximum atomic E-state index is 8.76. The molecule has 0 saturated heterocycles. The van der Waals surface area contributed by atoms with Crippen LogP contribution in [-0.4, -0.2) is 36.5 Å².